The highest BCUT2D eigenvalue weighted by Crippen LogP contribution is 2.24. The number of ether oxygens (including phenoxy) is 1. The second-order valence-corrected chi connectivity index (χ2v) is 7.06. The first-order valence-corrected chi connectivity index (χ1v) is 9.31. The molecule has 1 aromatic heterocycles. The van der Waals surface area contributed by atoms with Gasteiger partial charge in [-0.15, -0.1) is 10.2 Å². The summed E-state index contributed by atoms with van der Waals surface area (Å²) in [4.78, 5) is 16.4. The van der Waals surface area contributed by atoms with Crippen LogP contribution in [0.3, 0.4) is 0 Å². The van der Waals surface area contributed by atoms with Crippen molar-refractivity contribution in [3.05, 3.63) is 54.6 Å². The van der Waals surface area contributed by atoms with E-state index in [1.807, 2.05) is 67.5 Å². The molecule has 2 aromatic carbocycles. The molecule has 0 radical (unpaired) electrons. The first-order chi connectivity index (χ1) is 13.6. The minimum absolute atomic E-state index is 0.0854. The number of carbonyl (C=O) groups is 1. The number of carbonyl (C=O) groups excluding carboxylic acids is 1. The maximum Gasteiger partial charge on any atom is 0.321 e. The Bertz CT molecular complexity index is 969. The number of benzene rings is 2. The van der Waals surface area contributed by atoms with Crippen molar-refractivity contribution in [3.8, 4) is 5.88 Å². The minimum Gasteiger partial charge on any atom is -0.471 e. The monoisotopic (exact) mass is 377 g/mol. The highest BCUT2D eigenvalue weighted by molar-refractivity contribution is 6.01. The molecule has 7 heteroatoms. The molecule has 3 aromatic rings. The van der Waals surface area contributed by atoms with Crippen LogP contribution in [0.15, 0.2) is 54.6 Å². The Labute approximate surface area is 163 Å². The largest absolute Gasteiger partial charge is 0.471 e. The number of aromatic nitrogens is 2. The van der Waals surface area contributed by atoms with Crippen molar-refractivity contribution >= 4 is 28.3 Å². The Morgan fingerprint density at radius 3 is 2.71 bits per heavy atom. The topological polar surface area (TPSA) is 70.6 Å². The lowest BCUT2D eigenvalue weighted by Gasteiger charge is -2.18. The summed E-state index contributed by atoms with van der Waals surface area (Å²) in [6.45, 7) is 1.16. The summed E-state index contributed by atoms with van der Waals surface area (Å²) in [5, 5.41) is 13.4. The third kappa shape index (κ3) is 3.83. The van der Waals surface area contributed by atoms with E-state index < -0.39 is 0 Å². The normalized spacial score (nSPS) is 16.2. The number of rotatable bonds is 4. The van der Waals surface area contributed by atoms with Gasteiger partial charge in [0.05, 0.1) is 12.2 Å². The Balaban J connectivity index is 1.37. The van der Waals surface area contributed by atoms with Crippen LogP contribution in [0.1, 0.15) is 6.42 Å². The van der Waals surface area contributed by atoms with E-state index in [4.69, 9.17) is 4.74 Å². The van der Waals surface area contributed by atoms with E-state index in [2.05, 4.69) is 15.5 Å². The van der Waals surface area contributed by atoms with Crippen LogP contribution in [0.4, 0.5) is 16.3 Å². The fourth-order valence-electron chi connectivity index (χ4n) is 3.32. The first kappa shape index (κ1) is 18.0. The van der Waals surface area contributed by atoms with Crippen LogP contribution in [0, 0.1) is 0 Å². The number of hydrogen-bond donors (Lipinski definition) is 1. The maximum absolute atomic E-state index is 12.7. The van der Waals surface area contributed by atoms with Crippen LogP contribution in [0.25, 0.3) is 10.8 Å². The van der Waals surface area contributed by atoms with Crippen molar-refractivity contribution in [2.75, 3.05) is 37.4 Å². The molecule has 2 amide bonds. The van der Waals surface area contributed by atoms with Gasteiger partial charge in [0.1, 0.15) is 6.10 Å². The molecule has 28 heavy (non-hydrogen) atoms. The lowest BCUT2D eigenvalue weighted by Crippen LogP contribution is -2.34. The van der Waals surface area contributed by atoms with Gasteiger partial charge in [-0.2, -0.15) is 0 Å². The van der Waals surface area contributed by atoms with Crippen LogP contribution < -0.4 is 15.0 Å². The zero-order valence-corrected chi connectivity index (χ0v) is 16.0. The van der Waals surface area contributed by atoms with Gasteiger partial charge in [0.25, 0.3) is 0 Å². The average Bonchev–Trinajstić information content (AvgIpc) is 3.17. The Kier molecular flexibility index (Phi) is 4.97. The van der Waals surface area contributed by atoms with Crippen molar-refractivity contribution in [2.45, 2.75) is 12.5 Å². The molecule has 1 atom stereocenters. The van der Waals surface area contributed by atoms with Gasteiger partial charge in [-0.25, -0.2) is 4.79 Å². The van der Waals surface area contributed by atoms with Crippen LogP contribution in [-0.2, 0) is 0 Å². The summed E-state index contributed by atoms with van der Waals surface area (Å²) < 4.78 is 5.90. The van der Waals surface area contributed by atoms with Gasteiger partial charge in [0.15, 0.2) is 5.82 Å². The molecule has 1 saturated heterocycles. The number of likely N-dealkylation sites (tertiary alicyclic amines) is 1. The van der Waals surface area contributed by atoms with Crippen molar-refractivity contribution in [2.24, 2.45) is 0 Å². The van der Waals surface area contributed by atoms with Crippen LogP contribution in [-0.4, -0.2) is 54.4 Å². The third-order valence-corrected chi connectivity index (χ3v) is 4.84. The summed E-state index contributed by atoms with van der Waals surface area (Å²) in [7, 11) is 3.82. The summed E-state index contributed by atoms with van der Waals surface area (Å²) in [6.07, 6.45) is 0.679. The molecule has 1 unspecified atom stereocenters. The minimum atomic E-state index is -0.114. The molecular formula is C21H23N5O2. The lowest BCUT2D eigenvalue weighted by atomic mass is 10.1. The van der Waals surface area contributed by atoms with E-state index in [0.29, 0.717) is 19.0 Å². The molecule has 2 heterocycles. The molecule has 4 rings (SSSR count). The zero-order chi connectivity index (χ0) is 19.5. The molecule has 0 bridgehead atoms. The highest BCUT2D eigenvalue weighted by Gasteiger charge is 2.28. The smallest absolute Gasteiger partial charge is 0.321 e. The average molecular weight is 377 g/mol. The van der Waals surface area contributed by atoms with Gasteiger partial charge < -0.3 is 19.9 Å². The van der Waals surface area contributed by atoms with E-state index in [1.165, 1.54) is 0 Å². The lowest BCUT2D eigenvalue weighted by molar-refractivity contribution is 0.188. The van der Waals surface area contributed by atoms with Crippen LogP contribution in [0.2, 0.25) is 0 Å². The predicted octanol–water partition coefficient (Wildman–Crippen LogP) is 3.38. The quantitative estimate of drug-likeness (QED) is 0.755. The van der Waals surface area contributed by atoms with Gasteiger partial charge >= 0.3 is 6.03 Å². The Morgan fingerprint density at radius 2 is 1.93 bits per heavy atom. The fourth-order valence-corrected chi connectivity index (χ4v) is 3.32. The van der Waals surface area contributed by atoms with Crippen molar-refractivity contribution in [1.82, 2.24) is 15.1 Å². The zero-order valence-electron chi connectivity index (χ0n) is 16.0. The number of hydrogen-bond acceptors (Lipinski definition) is 5. The van der Waals surface area contributed by atoms with Gasteiger partial charge in [0.2, 0.25) is 5.88 Å². The van der Waals surface area contributed by atoms with Crippen LogP contribution >= 0.6 is 0 Å². The molecule has 1 aliphatic rings. The Morgan fingerprint density at radius 1 is 1.11 bits per heavy atom. The molecule has 1 N–H and O–H groups in total. The van der Waals surface area contributed by atoms with Gasteiger partial charge in [-0.3, -0.25) is 0 Å². The van der Waals surface area contributed by atoms with E-state index in [9.17, 15) is 4.79 Å². The van der Waals surface area contributed by atoms with Gasteiger partial charge in [-0.05, 0) is 17.5 Å². The molecule has 1 aliphatic heterocycles. The van der Waals surface area contributed by atoms with E-state index in [1.54, 1.807) is 11.0 Å². The van der Waals surface area contributed by atoms with Gasteiger partial charge in [-0.1, -0.05) is 36.4 Å². The van der Waals surface area contributed by atoms with Crippen molar-refractivity contribution in [3.63, 3.8) is 0 Å². The molecule has 1 fully saturated rings. The van der Waals surface area contributed by atoms with E-state index in [0.717, 1.165) is 28.7 Å². The Hall–Kier alpha value is -3.35. The summed E-state index contributed by atoms with van der Waals surface area (Å²) in [5.41, 5.74) is 0.817. The fraction of sp³-hybridized carbons (Fsp3) is 0.286. The molecular weight excluding hydrogens is 354 g/mol. The number of amides is 2. The molecule has 0 aliphatic carbocycles. The number of anilines is 2. The number of nitrogens with one attached hydrogen (secondary N) is 1. The van der Waals surface area contributed by atoms with E-state index in [-0.39, 0.29) is 12.1 Å². The molecule has 144 valence electrons. The van der Waals surface area contributed by atoms with Crippen molar-refractivity contribution in [1.29, 1.82) is 0 Å². The third-order valence-electron chi connectivity index (χ3n) is 4.84. The second-order valence-electron chi connectivity index (χ2n) is 7.06. The maximum atomic E-state index is 12.7. The van der Waals surface area contributed by atoms with Crippen LogP contribution in [0.5, 0.6) is 5.88 Å². The molecule has 0 saturated carbocycles. The summed E-state index contributed by atoms with van der Waals surface area (Å²) in [5.74, 6) is 1.25. The highest BCUT2D eigenvalue weighted by atomic mass is 16.5. The second kappa shape index (κ2) is 7.72. The molecule has 0 spiro atoms. The predicted molar refractivity (Wildman–Crippen MR) is 110 cm³/mol. The van der Waals surface area contributed by atoms with E-state index >= 15 is 0 Å². The van der Waals surface area contributed by atoms with Crippen molar-refractivity contribution < 1.29 is 9.53 Å². The number of fused-ring (bicyclic) bond motifs is 1. The SMILES string of the molecule is CN(C)c1ccc(OC2CCN(C(=O)Nc3cccc4ccccc34)C2)nn1. The number of nitrogens with zero attached hydrogens (tertiary/aromatic N) is 4. The first-order valence-electron chi connectivity index (χ1n) is 9.31. The van der Waals surface area contributed by atoms with Gasteiger partial charge in [0, 0.05) is 38.5 Å². The summed E-state index contributed by atoms with van der Waals surface area (Å²) >= 11 is 0. The standard InChI is InChI=1S/C21H23N5O2/c1-25(2)19-10-11-20(24-23-19)28-16-12-13-26(14-16)21(27)22-18-9-5-7-15-6-3-4-8-17(15)18/h3-11,16H,12-14H2,1-2H3,(H,22,27). The number of urea groups is 1. The summed E-state index contributed by atoms with van der Waals surface area (Å²) in [6, 6.07) is 17.5. The molecule has 7 nitrogen and oxygen atoms in total.